The van der Waals surface area contributed by atoms with Crippen LogP contribution in [-0.2, 0) is 13.0 Å². The molecule has 0 saturated carbocycles. The van der Waals surface area contributed by atoms with E-state index in [1.807, 2.05) is 22.8 Å². The van der Waals surface area contributed by atoms with Crippen LogP contribution in [0.3, 0.4) is 0 Å². The van der Waals surface area contributed by atoms with Crippen molar-refractivity contribution in [2.45, 2.75) is 19.4 Å². The van der Waals surface area contributed by atoms with Gasteiger partial charge in [0.1, 0.15) is 11.6 Å². The highest BCUT2D eigenvalue weighted by Gasteiger charge is 2.15. The predicted octanol–water partition coefficient (Wildman–Crippen LogP) is 3.08. The Labute approximate surface area is 145 Å². The van der Waals surface area contributed by atoms with Crippen LogP contribution in [-0.4, -0.2) is 34.6 Å². The molecular formula is C20H20FN3O. The van der Waals surface area contributed by atoms with E-state index in [0.29, 0.717) is 17.4 Å². The van der Waals surface area contributed by atoms with Gasteiger partial charge in [0.25, 0.3) is 5.56 Å². The summed E-state index contributed by atoms with van der Waals surface area (Å²) >= 11 is 0. The number of nitrogens with zero attached hydrogens (tertiary/aromatic N) is 3. The molecule has 25 heavy (non-hydrogen) atoms. The van der Waals surface area contributed by atoms with Crippen LogP contribution in [0.25, 0.3) is 22.0 Å². The van der Waals surface area contributed by atoms with Crippen LogP contribution in [0.2, 0.25) is 0 Å². The summed E-state index contributed by atoms with van der Waals surface area (Å²) in [5.74, 6) is 0.590. The minimum absolute atomic E-state index is 0.0372. The van der Waals surface area contributed by atoms with E-state index >= 15 is 0 Å². The quantitative estimate of drug-likeness (QED) is 0.685. The van der Waals surface area contributed by atoms with Gasteiger partial charge in [-0.3, -0.25) is 9.36 Å². The summed E-state index contributed by atoms with van der Waals surface area (Å²) in [6.07, 6.45) is 1.71. The number of hydrogen-bond acceptors (Lipinski definition) is 3. The van der Waals surface area contributed by atoms with E-state index in [1.165, 1.54) is 12.1 Å². The number of benzene rings is 2. The van der Waals surface area contributed by atoms with Crippen LogP contribution < -0.4 is 5.56 Å². The maximum absolute atomic E-state index is 13.1. The smallest absolute Gasteiger partial charge is 0.261 e. The molecule has 0 N–H and O–H groups in total. The number of aromatic nitrogens is 2. The summed E-state index contributed by atoms with van der Waals surface area (Å²) in [6, 6.07) is 12.0. The van der Waals surface area contributed by atoms with Crippen molar-refractivity contribution < 1.29 is 4.39 Å². The summed E-state index contributed by atoms with van der Waals surface area (Å²) in [5.41, 5.74) is 2.60. The van der Waals surface area contributed by atoms with Crippen LogP contribution in [0, 0.1) is 5.82 Å². The van der Waals surface area contributed by atoms with E-state index < -0.39 is 0 Å². The summed E-state index contributed by atoms with van der Waals surface area (Å²) in [5, 5.41) is 0.642. The molecule has 2 heterocycles. The molecule has 0 radical (unpaired) electrons. The fraction of sp³-hybridized carbons (Fsp3) is 0.300. The SMILES string of the molecule is CN1CCCn2c(nc3cc(-c4ccc(F)cc4)ccc3c2=O)CC1. The second-order valence-corrected chi connectivity index (χ2v) is 6.63. The van der Waals surface area contributed by atoms with Crippen LogP contribution in [0.5, 0.6) is 0 Å². The van der Waals surface area contributed by atoms with E-state index in [0.717, 1.165) is 42.9 Å². The van der Waals surface area contributed by atoms with Gasteiger partial charge in [0, 0.05) is 19.5 Å². The number of fused-ring (bicyclic) bond motifs is 2. The highest BCUT2D eigenvalue weighted by atomic mass is 19.1. The number of likely N-dealkylation sites (N-methyl/N-ethyl adjacent to an activating group) is 1. The van der Waals surface area contributed by atoms with Gasteiger partial charge in [0.2, 0.25) is 0 Å². The standard InChI is InChI=1S/C20H20FN3O/c1-23-10-2-11-24-19(9-12-23)22-18-13-15(5-8-17(18)20(24)25)14-3-6-16(21)7-4-14/h3-8,13H,2,9-12H2,1H3. The minimum atomic E-state index is -0.258. The summed E-state index contributed by atoms with van der Waals surface area (Å²) in [7, 11) is 2.10. The molecule has 0 saturated heterocycles. The molecule has 2 aromatic carbocycles. The van der Waals surface area contributed by atoms with Gasteiger partial charge in [-0.1, -0.05) is 18.2 Å². The third kappa shape index (κ3) is 3.07. The van der Waals surface area contributed by atoms with E-state index in [4.69, 9.17) is 4.98 Å². The zero-order valence-corrected chi connectivity index (χ0v) is 14.2. The molecule has 1 aromatic heterocycles. The average molecular weight is 337 g/mol. The Morgan fingerprint density at radius 3 is 2.56 bits per heavy atom. The first-order valence-corrected chi connectivity index (χ1v) is 8.60. The summed E-state index contributed by atoms with van der Waals surface area (Å²) in [6.45, 7) is 2.60. The maximum atomic E-state index is 13.1. The first-order valence-electron chi connectivity index (χ1n) is 8.60. The molecule has 128 valence electrons. The van der Waals surface area contributed by atoms with Crippen molar-refractivity contribution in [1.82, 2.24) is 14.5 Å². The minimum Gasteiger partial charge on any atom is -0.306 e. The molecule has 0 bridgehead atoms. The Balaban J connectivity index is 1.83. The maximum Gasteiger partial charge on any atom is 0.261 e. The summed E-state index contributed by atoms with van der Waals surface area (Å²) in [4.78, 5) is 19.9. The molecule has 1 aliphatic heterocycles. The molecule has 0 atom stereocenters. The Bertz CT molecular complexity index is 979. The normalized spacial score (nSPS) is 15.6. The van der Waals surface area contributed by atoms with Crippen molar-refractivity contribution in [3.05, 3.63) is 64.5 Å². The lowest BCUT2D eigenvalue weighted by atomic mass is 10.0. The molecule has 0 aliphatic carbocycles. The Hall–Kier alpha value is -2.53. The van der Waals surface area contributed by atoms with Crippen LogP contribution in [0.4, 0.5) is 4.39 Å². The van der Waals surface area contributed by atoms with Gasteiger partial charge in [-0.05, 0) is 55.4 Å². The molecule has 1 aliphatic rings. The second kappa shape index (κ2) is 6.41. The molecule has 0 amide bonds. The number of halogens is 1. The van der Waals surface area contributed by atoms with Gasteiger partial charge >= 0.3 is 0 Å². The Morgan fingerprint density at radius 1 is 1.00 bits per heavy atom. The molecule has 4 nitrogen and oxygen atoms in total. The van der Waals surface area contributed by atoms with Gasteiger partial charge in [-0.25, -0.2) is 9.37 Å². The zero-order valence-electron chi connectivity index (χ0n) is 14.2. The molecular weight excluding hydrogens is 317 g/mol. The monoisotopic (exact) mass is 337 g/mol. The van der Waals surface area contributed by atoms with E-state index in [2.05, 4.69) is 11.9 Å². The predicted molar refractivity (Wildman–Crippen MR) is 97.2 cm³/mol. The lowest BCUT2D eigenvalue weighted by Crippen LogP contribution is -2.33. The lowest BCUT2D eigenvalue weighted by molar-refractivity contribution is 0.304. The fourth-order valence-electron chi connectivity index (χ4n) is 3.41. The topological polar surface area (TPSA) is 38.1 Å². The average Bonchev–Trinajstić information content (AvgIpc) is 2.60. The van der Waals surface area contributed by atoms with Crippen LogP contribution in [0.15, 0.2) is 47.3 Å². The van der Waals surface area contributed by atoms with Crippen molar-refractivity contribution in [3.8, 4) is 11.1 Å². The largest absolute Gasteiger partial charge is 0.306 e. The van der Waals surface area contributed by atoms with Gasteiger partial charge < -0.3 is 4.90 Å². The highest BCUT2D eigenvalue weighted by molar-refractivity contribution is 5.83. The van der Waals surface area contributed by atoms with Crippen molar-refractivity contribution in [2.24, 2.45) is 0 Å². The highest BCUT2D eigenvalue weighted by Crippen LogP contribution is 2.23. The molecule has 3 aromatic rings. The number of hydrogen-bond donors (Lipinski definition) is 0. The van der Waals surface area contributed by atoms with Crippen molar-refractivity contribution in [3.63, 3.8) is 0 Å². The van der Waals surface area contributed by atoms with Gasteiger partial charge in [0.15, 0.2) is 0 Å². The van der Waals surface area contributed by atoms with Gasteiger partial charge in [0.05, 0.1) is 10.9 Å². The lowest BCUT2D eigenvalue weighted by Gasteiger charge is -2.22. The fourth-order valence-corrected chi connectivity index (χ4v) is 3.41. The molecule has 0 unspecified atom stereocenters. The van der Waals surface area contributed by atoms with Crippen LogP contribution in [0.1, 0.15) is 12.2 Å². The van der Waals surface area contributed by atoms with Gasteiger partial charge in [-0.2, -0.15) is 0 Å². The van der Waals surface area contributed by atoms with Crippen LogP contribution >= 0.6 is 0 Å². The molecule has 5 heteroatoms. The summed E-state index contributed by atoms with van der Waals surface area (Å²) < 4.78 is 15.0. The van der Waals surface area contributed by atoms with E-state index in [9.17, 15) is 9.18 Å². The third-order valence-corrected chi connectivity index (χ3v) is 4.85. The first kappa shape index (κ1) is 16.0. The Morgan fingerprint density at radius 2 is 1.76 bits per heavy atom. The van der Waals surface area contributed by atoms with E-state index in [1.54, 1.807) is 12.1 Å². The first-order chi connectivity index (χ1) is 12.1. The van der Waals surface area contributed by atoms with Crippen molar-refractivity contribution in [2.75, 3.05) is 20.1 Å². The Kier molecular flexibility index (Phi) is 4.09. The molecule has 0 spiro atoms. The second-order valence-electron chi connectivity index (χ2n) is 6.63. The molecule has 4 rings (SSSR count). The van der Waals surface area contributed by atoms with Crippen molar-refractivity contribution >= 4 is 10.9 Å². The molecule has 0 fully saturated rings. The third-order valence-electron chi connectivity index (χ3n) is 4.85. The zero-order chi connectivity index (χ0) is 17.4. The number of rotatable bonds is 1. The van der Waals surface area contributed by atoms with E-state index in [-0.39, 0.29) is 11.4 Å². The van der Waals surface area contributed by atoms with Gasteiger partial charge in [-0.15, -0.1) is 0 Å². The van der Waals surface area contributed by atoms with Crippen molar-refractivity contribution in [1.29, 1.82) is 0 Å².